The van der Waals surface area contributed by atoms with Crippen molar-refractivity contribution in [2.24, 2.45) is 0 Å². The fourth-order valence-corrected chi connectivity index (χ4v) is 1.16. The lowest BCUT2D eigenvalue weighted by molar-refractivity contribution is 0.392. The van der Waals surface area contributed by atoms with Gasteiger partial charge in [0.15, 0.2) is 0 Å². The van der Waals surface area contributed by atoms with Crippen LogP contribution in [0.5, 0.6) is 0 Å². The molecule has 3 heteroatoms. The van der Waals surface area contributed by atoms with Gasteiger partial charge in [-0.2, -0.15) is 0 Å². The topological polar surface area (TPSA) is 32.3 Å². The number of benzene rings is 1. The molecule has 0 saturated heterocycles. The molecule has 0 saturated carbocycles. The van der Waals surface area contributed by atoms with E-state index in [-0.39, 0.29) is 11.6 Å². The molecule has 2 N–H and O–H groups in total. The molecule has 0 bridgehead atoms. The van der Waals surface area contributed by atoms with Crippen molar-refractivity contribution in [3.8, 4) is 0 Å². The van der Waals surface area contributed by atoms with Crippen LogP contribution in [0.15, 0.2) is 36.6 Å². The molecule has 0 aliphatic carbocycles. The number of hydrogen-bond acceptors (Lipinski definition) is 2. The van der Waals surface area contributed by atoms with E-state index in [9.17, 15) is 4.39 Å². The first-order valence-corrected chi connectivity index (χ1v) is 4.50. The van der Waals surface area contributed by atoms with Crippen LogP contribution < -0.4 is 5.32 Å². The third kappa shape index (κ3) is 4.05. The zero-order chi connectivity index (χ0) is 10.4. The maximum Gasteiger partial charge on any atom is 0.123 e. The first kappa shape index (κ1) is 10.7. The number of rotatable bonds is 5. The monoisotopic (exact) mass is 195 g/mol. The number of hydrogen-bond donors (Lipinski definition) is 2. The Bertz CT molecular complexity index is 312. The molecule has 0 spiro atoms. The smallest absolute Gasteiger partial charge is 0.123 e. The Kier molecular flexibility index (Phi) is 4.13. The van der Waals surface area contributed by atoms with Gasteiger partial charge in [0.25, 0.3) is 0 Å². The SMILES string of the molecule is C=C(O)CNCCc1cccc(F)c1. The Hall–Kier alpha value is -1.35. The highest BCUT2D eigenvalue weighted by Crippen LogP contribution is 2.03. The predicted molar refractivity (Wildman–Crippen MR) is 54.7 cm³/mol. The molecule has 1 aromatic carbocycles. The van der Waals surface area contributed by atoms with Crippen LogP contribution in [0.25, 0.3) is 0 Å². The number of nitrogens with one attached hydrogen (secondary N) is 1. The second-order valence-corrected chi connectivity index (χ2v) is 3.12. The van der Waals surface area contributed by atoms with E-state index < -0.39 is 0 Å². The van der Waals surface area contributed by atoms with Gasteiger partial charge >= 0.3 is 0 Å². The zero-order valence-corrected chi connectivity index (χ0v) is 7.96. The Morgan fingerprint density at radius 1 is 1.50 bits per heavy atom. The van der Waals surface area contributed by atoms with Gasteiger partial charge in [-0.25, -0.2) is 4.39 Å². The van der Waals surface area contributed by atoms with Crippen molar-refractivity contribution in [3.63, 3.8) is 0 Å². The van der Waals surface area contributed by atoms with E-state index in [1.807, 2.05) is 6.07 Å². The molecule has 0 aliphatic heterocycles. The summed E-state index contributed by atoms with van der Waals surface area (Å²) in [6.45, 7) is 4.43. The van der Waals surface area contributed by atoms with Gasteiger partial charge in [-0.05, 0) is 30.7 Å². The lowest BCUT2D eigenvalue weighted by atomic mass is 10.1. The van der Waals surface area contributed by atoms with Gasteiger partial charge in [0.2, 0.25) is 0 Å². The Balaban J connectivity index is 2.28. The minimum Gasteiger partial charge on any atom is -0.512 e. The molecule has 1 rings (SSSR count). The molecular formula is C11H14FNO. The van der Waals surface area contributed by atoms with Crippen LogP contribution in [0, 0.1) is 5.82 Å². The molecule has 0 aromatic heterocycles. The Morgan fingerprint density at radius 2 is 2.29 bits per heavy atom. The lowest BCUT2D eigenvalue weighted by Gasteiger charge is -2.03. The average molecular weight is 195 g/mol. The summed E-state index contributed by atoms with van der Waals surface area (Å²) < 4.78 is 12.7. The standard InChI is InChI=1S/C11H14FNO/c1-9(14)8-13-6-5-10-3-2-4-11(12)7-10/h2-4,7,13-14H,1,5-6,8H2. The van der Waals surface area contributed by atoms with Gasteiger partial charge in [0.05, 0.1) is 12.3 Å². The molecule has 0 amide bonds. The third-order valence-corrected chi connectivity index (χ3v) is 1.81. The van der Waals surface area contributed by atoms with Crippen LogP contribution >= 0.6 is 0 Å². The minimum atomic E-state index is -0.214. The summed E-state index contributed by atoms with van der Waals surface area (Å²) in [4.78, 5) is 0. The fraction of sp³-hybridized carbons (Fsp3) is 0.273. The van der Waals surface area contributed by atoms with E-state index in [1.54, 1.807) is 6.07 Å². The van der Waals surface area contributed by atoms with E-state index in [2.05, 4.69) is 11.9 Å². The summed E-state index contributed by atoms with van der Waals surface area (Å²) in [5.74, 6) is -0.0988. The van der Waals surface area contributed by atoms with Crippen LogP contribution in [-0.4, -0.2) is 18.2 Å². The second-order valence-electron chi connectivity index (χ2n) is 3.12. The maximum absolute atomic E-state index is 12.7. The van der Waals surface area contributed by atoms with Crippen molar-refractivity contribution >= 4 is 0 Å². The van der Waals surface area contributed by atoms with Gasteiger partial charge < -0.3 is 10.4 Å². The minimum absolute atomic E-state index is 0.115. The van der Waals surface area contributed by atoms with Gasteiger partial charge in [-0.1, -0.05) is 18.7 Å². The summed E-state index contributed by atoms with van der Waals surface area (Å²) >= 11 is 0. The van der Waals surface area contributed by atoms with E-state index >= 15 is 0 Å². The van der Waals surface area contributed by atoms with Crippen LogP contribution in [0.2, 0.25) is 0 Å². The molecule has 76 valence electrons. The first-order chi connectivity index (χ1) is 6.68. The van der Waals surface area contributed by atoms with Gasteiger partial charge in [0.1, 0.15) is 5.82 Å². The summed E-state index contributed by atoms with van der Waals surface area (Å²) in [7, 11) is 0. The maximum atomic E-state index is 12.7. The van der Waals surface area contributed by atoms with Crippen LogP contribution in [0.3, 0.4) is 0 Å². The van der Waals surface area contributed by atoms with E-state index in [0.29, 0.717) is 13.1 Å². The van der Waals surface area contributed by atoms with Crippen molar-refractivity contribution in [2.45, 2.75) is 6.42 Å². The van der Waals surface area contributed by atoms with E-state index in [0.717, 1.165) is 12.0 Å². The highest BCUT2D eigenvalue weighted by atomic mass is 19.1. The first-order valence-electron chi connectivity index (χ1n) is 4.50. The number of aliphatic hydroxyl groups is 1. The quantitative estimate of drug-likeness (QED) is 0.556. The van der Waals surface area contributed by atoms with E-state index in [4.69, 9.17) is 5.11 Å². The lowest BCUT2D eigenvalue weighted by Crippen LogP contribution is -2.19. The second kappa shape index (κ2) is 5.40. The largest absolute Gasteiger partial charge is 0.512 e. The molecular weight excluding hydrogens is 181 g/mol. The molecule has 2 nitrogen and oxygen atoms in total. The molecule has 0 fully saturated rings. The van der Waals surface area contributed by atoms with E-state index in [1.165, 1.54) is 12.1 Å². The van der Waals surface area contributed by atoms with Crippen molar-refractivity contribution in [1.29, 1.82) is 0 Å². The van der Waals surface area contributed by atoms with Crippen LogP contribution in [0.4, 0.5) is 4.39 Å². The van der Waals surface area contributed by atoms with Crippen molar-refractivity contribution < 1.29 is 9.50 Å². The van der Waals surface area contributed by atoms with Gasteiger partial charge in [0, 0.05) is 0 Å². The number of halogens is 1. The molecule has 0 aliphatic rings. The summed E-state index contributed by atoms with van der Waals surface area (Å²) in [5, 5.41) is 11.8. The Morgan fingerprint density at radius 3 is 2.93 bits per heavy atom. The zero-order valence-electron chi connectivity index (χ0n) is 7.96. The predicted octanol–water partition coefficient (Wildman–Crippen LogP) is 2.03. The summed E-state index contributed by atoms with van der Waals surface area (Å²) in [6, 6.07) is 6.50. The van der Waals surface area contributed by atoms with Crippen molar-refractivity contribution in [3.05, 3.63) is 48.0 Å². The number of aliphatic hydroxyl groups excluding tert-OH is 1. The molecule has 14 heavy (non-hydrogen) atoms. The highest BCUT2D eigenvalue weighted by molar-refractivity contribution is 5.16. The molecule has 0 atom stereocenters. The Labute approximate surface area is 83.1 Å². The van der Waals surface area contributed by atoms with Gasteiger partial charge in [-0.3, -0.25) is 0 Å². The molecule has 0 radical (unpaired) electrons. The summed E-state index contributed by atoms with van der Waals surface area (Å²) in [5.41, 5.74) is 0.945. The molecule has 1 aromatic rings. The summed E-state index contributed by atoms with van der Waals surface area (Å²) in [6.07, 6.45) is 0.741. The molecule has 0 heterocycles. The van der Waals surface area contributed by atoms with Gasteiger partial charge in [-0.15, -0.1) is 0 Å². The normalized spacial score (nSPS) is 10.1. The third-order valence-electron chi connectivity index (χ3n) is 1.81. The highest BCUT2D eigenvalue weighted by Gasteiger charge is 1.95. The van der Waals surface area contributed by atoms with Crippen LogP contribution in [0.1, 0.15) is 5.56 Å². The van der Waals surface area contributed by atoms with Crippen molar-refractivity contribution in [1.82, 2.24) is 5.32 Å². The fourth-order valence-electron chi connectivity index (χ4n) is 1.16. The molecule has 0 unspecified atom stereocenters. The van der Waals surface area contributed by atoms with Crippen LogP contribution in [-0.2, 0) is 6.42 Å². The average Bonchev–Trinajstić information content (AvgIpc) is 2.12. The van der Waals surface area contributed by atoms with Crippen molar-refractivity contribution in [2.75, 3.05) is 13.1 Å².